The molecule has 0 saturated heterocycles. The molecule has 32 heavy (non-hydrogen) atoms. The average molecular weight is 452 g/mol. The molecule has 0 spiro atoms. The summed E-state index contributed by atoms with van der Waals surface area (Å²) in [6.07, 6.45) is 4.68. The Morgan fingerprint density at radius 3 is 2.38 bits per heavy atom. The third kappa shape index (κ3) is 3.69. The number of benzene rings is 2. The predicted molar refractivity (Wildman–Crippen MR) is 118 cm³/mol. The van der Waals surface area contributed by atoms with Gasteiger partial charge in [-0.05, 0) is 42.3 Å². The summed E-state index contributed by atoms with van der Waals surface area (Å²) in [4.78, 5) is 25.6. The number of nitro benzene ring substituents is 2. The molecule has 0 radical (unpaired) electrons. The first-order chi connectivity index (χ1) is 15.2. The third-order valence-electron chi connectivity index (χ3n) is 5.03. The van der Waals surface area contributed by atoms with Crippen molar-refractivity contribution >= 4 is 38.7 Å². The van der Waals surface area contributed by atoms with Crippen LogP contribution in [0, 0.1) is 27.2 Å². The van der Waals surface area contributed by atoms with E-state index in [1.165, 1.54) is 18.3 Å². The number of non-ortho nitro benzene ring substituents is 1. The number of hydrogen-bond acceptors (Lipinski definition) is 7. The van der Waals surface area contributed by atoms with E-state index in [9.17, 15) is 28.6 Å². The van der Waals surface area contributed by atoms with Crippen molar-refractivity contribution < 1.29 is 18.3 Å². The minimum Gasteiger partial charge on any atom is -0.264 e. The summed E-state index contributed by atoms with van der Waals surface area (Å²) < 4.78 is 27.8. The molecule has 11 heteroatoms. The zero-order valence-corrected chi connectivity index (χ0v) is 17.5. The number of nitrogens with zero attached hydrogens (tertiary/aromatic N) is 4. The van der Waals surface area contributed by atoms with Crippen LogP contribution >= 0.6 is 0 Å². The van der Waals surface area contributed by atoms with E-state index in [4.69, 9.17) is 0 Å². The van der Waals surface area contributed by atoms with E-state index < -0.39 is 31.2 Å². The summed E-state index contributed by atoms with van der Waals surface area (Å²) in [5.74, 6) is 0. The quantitative estimate of drug-likeness (QED) is 0.422. The van der Waals surface area contributed by atoms with Crippen LogP contribution in [0.1, 0.15) is 16.7 Å². The van der Waals surface area contributed by atoms with Crippen LogP contribution in [-0.2, 0) is 10.0 Å². The number of fused-ring (bicyclic) bond motifs is 1. The highest BCUT2D eigenvalue weighted by atomic mass is 32.2. The second-order valence-electron chi connectivity index (χ2n) is 7.15. The predicted octanol–water partition coefficient (Wildman–Crippen LogP) is 3.96. The van der Waals surface area contributed by atoms with Gasteiger partial charge in [0.05, 0.1) is 38.6 Å². The largest absolute Gasteiger partial charge is 0.285 e. The Morgan fingerprint density at radius 2 is 1.78 bits per heavy atom. The monoisotopic (exact) mass is 452 g/mol. The number of aromatic nitrogens is 1. The highest BCUT2D eigenvalue weighted by molar-refractivity contribution is 7.92. The zero-order valence-electron chi connectivity index (χ0n) is 16.7. The first-order valence-electron chi connectivity index (χ1n) is 9.35. The maximum atomic E-state index is 13.4. The van der Waals surface area contributed by atoms with Crippen molar-refractivity contribution in [1.82, 2.24) is 4.98 Å². The molecule has 0 atom stereocenters. The number of rotatable bonds is 5. The summed E-state index contributed by atoms with van der Waals surface area (Å²) >= 11 is 0. The number of nitro groups is 2. The molecule has 0 bridgehead atoms. The minimum absolute atomic E-state index is 0.0224. The molecule has 1 aliphatic heterocycles. The van der Waals surface area contributed by atoms with Gasteiger partial charge in [-0.25, -0.2) is 8.42 Å². The van der Waals surface area contributed by atoms with Crippen LogP contribution < -0.4 is 4.31 Å². The second-order valence-corrected chi connectivity index (χ2v) is 9.02. The molecular formula is C21H16N4O6S. The molecule has 1 aliphatic rings. The van der Waals surface area contributed by atoms with E-state index >= 15 is 0 Å². The Morgan fingerprint density at radius 1 is 1.06 bits per heavy atom. The van der Waals surface area contributed by atoms with Crippen molar-refractivity contribution in [3.8, 4) is 0 Å². The van der Waals surface area contributed by atoms with Crippen molar-refractivity contribution in [1.29, 1.82) is 0 Å². The molecule has 0 saturated carbocycles. The van der Waals surface area contributed by atoms with Gasteiger partial charge in [-0.1, -0.05) is 23.8 Å². The fraction of sp³-hybridized carbons (Fsp3) is 0.0952. The fourth-order valence-corrected chi connectivity index (χ4v) is 4.97. The van der Waals surface area contributed by atoms with Crippen molar-refractivity contribution in [3.63, 3.8) is 0 Å². The molecule has 2 heterocycles. The lowest BCUT2D eigenvalue weighted by Gasteiger charge is -2.19. The Hall–Kier alpha value is -4.12. The molecule has 2 aromatic carbocycles. The number of hydrogen-bond donors (Lipinski definition) is 0. The molecule has 162 valence electrons. The van der Waals surface area contributed by atoms with Crippen molar-refractivity contribution in [2.75, 3.05) is 10.8 Å². The highest BCUT2D eigenvalue weighted by Gasteiger charge is 2.40. The van der Waals surface area contributed by atoms with Gasteiger partial charge in [0.15, 0.2) is 0 Å². The maximum Gasteiger partial charge on any atom is 0.285 e. The SMILES string of the molecule is Cc1ccc(S(=O)(=O)N2C/C(=C\c3cccnc3)c3c2cc([N+](=O)[O-])cc3[N+](=O)[O-])cc1. The van der Waals surface area contributed by atoms with Crippen LogP contribution in [0.25, 0.3) is 11.6 Å². The average Bonchev–Trinajstić information content (AvgIpc) is 3.13. The van der Waals surface area contributed by atoms with E-state index in [-0.39, 0.29) is 22.7 Å². The highest BCUT2D eigenvalue weighted by Crippen LogP contribution is 2.46. The summed E-state index contributed by atoms with van der Waals surface area (Å²) in [6.45, 7) is 1.59. The van der Waals surface area contributed by atoms with Gasteiger partial charge < -0.3 is 0 Å². The lowest BCUT2D eigenvalue weighted by molar-refractivity contribution is -0.394. The smallest absolute Gasteiger partial charge is 0.264 e. The van der Waals surface area contributed by atoms with Crippen LogP contribution in [0.5, 0.6) is 0 Å². The van der Waals surface area contributed by atoms with Gasteiger partial charge in [0.25, 0.3) is 21.4 Å². The zero-order chi connectivity index (χ0) is 23.0. The van der Waals surface area contributed by atoms with Gasteiger partial charge in [-0.15, -0.1) is 0 Å². The first-order valence-corrected chi connectivity index (χ1v) is 10.8. The van der Waals surface area contributed by atoms with E-state index in [1.807, 2.05) is 6.92 Å². The van der Waals surface area contributed by atoms with Crippen molar-refractivity contribution in [2.45, 2.75) is 11.8 Å². The normalized spacial score (nSPS) is 14.4. The van der Waals surface area contributed by atoms with Crippen LogP contribution in [0.4, 0.5) is 17.1 Å². The number of anilines is 1. The van der Waals surface area contributed by atoms with Crippen LogP contribution in [0.3, 0.4) is 0 Å². The Kier molecular flexibility index (Phi) is 5.18. The maximum absolute atomic E-state index is 13.4. The summed E-state index contributed by atoms with van der Waals surface area (Å²) in [5.41, 5.74) is 0.616. The molecule has 0 fully saturated rings. The summed E-state index contributed by atoms with van der Waals surface area (Å²) in [6, 6.07) is 11.4. The second kappa shape index (κ2) is 7.85. The molecular weight excluding hydrogens is 436 g/mol. The summed E-state index contributed by atoms with van der Waals surface area (Å²) in [5, 5.41) is 23.2. The first kappa shape index (κ1) is 21.1. The minimum atomic E-state index is -4.15. The van der Waals surface area contributed by atoms with E-state index in [0.717, 1.165) is 22.0 Å². The van der Waals surface area contributed by atoms with Gasteiger partial charge in [-0.2, -0.15) is 0 Å². The van der Waals surface area contributed by atoms with Gasteiger partial charge in [0, 0.05) is 18.5 Å². The van der Waals surface area contributed by atoms with E-state index in [1.54, 1.807) is 36.5 Å². The number of pyridine rings is 1. The lowest BCUT2D eigenvalue weighted by atomic mass is 10.0. The van der Waals surface area contributed by atoms with Crippen LogP contribution in [0.2, 0.25) is 0 Å². The lowest BCUT2D eigenvalue weighted by Crippen LogP contribution is -2.29. The number of sulfonamides is 1. The topological polar surface area (TPSA) is 137 Å². The van der Waals surface area contributed by atoms with Crippen LogP contribution in [-0.4, -0.2) is 29.8 Å². The Labute approximate surface area is 182 Å². The third-order valence-corrected chi connectivity index (χ3v) is 6.80. The Balaban J connectivity index is 1.98. The van der Waals surface area contributed by atoms with Crippen molar-refractivity contribution in [2.24, 2.45) is 0 Å². The molecule has 0 amide bonds. The molecule has 3 aromatic rings. The van der Waals surface area contributed by atoms with Crippen molar-refractivity contribution in [3.05, 3.63) is 97.8 Å². The molecule has 4 rings (SSSR count). The summed E-state index contributed by atoms with van der Waals surface area (Å²) in [7, 11) is -4.15. The van der Waals surface area contributed by atoms with E-state index in [2.05, 4.69) is 4.98 Å². The molecule has 0 aliphatic carbocycles. The van der Waals surface area contributed by atoms with Gasteiger partial charge in [-0.3, -0.25) is 29.5 Å². The molecule has 10 nitrogen and oxygen atoms in total. The Bertz CT molecular complexity index is 1370. The van der Waals surface area contributed by atoms with Gasteiger partial charge in [0.1, 0.15) is 0 Å². The van der Waals surface area contributed by atoms with Crippen LogP contribution in [0.15, 0.2) is 65.8 Å². The van der Waals surface area contributed by atoms with E-state index in [0.29, 0.717) is 11.1 Å². The molecule has 0 N–H and O–H groups in total. The van der Waals surface area contributed by atoms with Gasteiger partial charge >= 0.3 is 0 Å². The molecule has 1 aromatic heterocycles. The van der Waals surface area contributed by atoms with Gasteiger partial charge in [0.2, 0.25) is 0 Å². The fourth-order valence-electron chi connectivity index (χ4n) is 3.52. The number of aryl methyl sites for hydroxylation is 1. The standard InChI is InChI=1S/C21H16N4O6S/c1-14-4-6-18(7-5-14)32(30,31)23-13-16(9-15-3-2-8-22-12-15)21-19(23)10-17(24(26)27)11-20(21)25(28)29/h2-12H,13H2,1H3/b16-9+. The molecule has 0 unspecified atom stereocenters.